The third-order valence-electron chi connectivity index (χ3n) is 3.18. The number of anilines is 1. The van der Waals surface area contributed by atoms with Crippen LogP contribution in [0.15, 0.2) is 17.0 Å². The van der Waals surface area contributed by atoms with Crippen LogP contribution in [-0.4, -0.2) is 37.0 Å². The van der Waals surface area contributed by atoms with Crippen LogP contribution >= 0.6 is 0 Å². The lowest BCUT2D eigenvalue weighted by molar-refractivity contribution is 0.250. The molecule has 0 unspecified atom stereocenters. The molecule has 1 aromatic carbocycles. The summed E-state index contributed by atoms with van der Waals surface area (Å²) in [5.74, 6) is -0.640. The Morgan fingerprint density at radius 1 is 1.47 bits per heavy atom. The topological polar surface area (TPSA) is 83.6 Å². The number of rotatable bonds is 5. The number of aliphatic hydroxyl groups excluding tert-OH is 1. The zero-order valence-corrected chi connectivity index (χ0v) is 11.5. The smallest absolute Gasteiger partial charge is 0.243 e. The SMILES string of the molecule is Cc1c(F)cc(N)cc1S(=O)(=O)N(CCO)C1CC1. The van der Waals surface area contributed by atoms with Crippen LogP contribution in [0.1, 0.15) is 18.4 Å². The van der Waals surface area contributed by atoms with Gasteiger partial charge in [0, 0.05) is 23.8 Å². The van der Waals surface area contributed by atoms with Crippen molar-refractivity contribution in [3.63, 3.8) is 0 Å². The molecular formula is C12H17FN2O3S. The summed E-state index contributed by atoms with van der Waals surface area (Å²) in [5, 5.41) is 9.00. The number of benzene rings is 1. The van der Waals surface area contributed by atoms with Crippen LogP contribution in [0.2, 0.25) is 0 Å². The van der Waals surface area contributed by atoms with E-state index in [1.807, 2.05) is 0 Å². The molecule has 0 spiro atoms. The molecule has 0 radical (unpaired) electrons. The van der Waals surface area contributed by atoms with Crippen molar-refractivity contribution < 1.29 is 17.9 Å². The van der Waals surface area contributed by atoms with Crippen molar-refractivity contribution in [2.24, 2.45) is 0 Å². The lowest BCUT2D eigenvalue weighted by Crippen LogP contribution is -2.36. The monoisotopic (exact) mass is 288 g/mol. The number of hydrogen-bond acceptors (Lipinski definition) is 4. The Labute approximate surface area is 111 Å². The molecule has 0 saturated heterocycles. The van der Waals surface area contributed by atoms with E-state index < -0.39 is 15.8 Å². The van der Waals surface area contributed by atoms with Crippen LogP contribution < -0.4 is 5.73 Å². The number of nitrogens with zero attached hydrogens (tertiary/aromatic N) is 1. The minimum Gasteiger partial charge on any atom is -0.399 e. The standard InChI is InChI=1S/C12H17FN2O3S/c1-8-11(13)6-9(14)7-12(8)19(17,18)15(4-5-16)10-2-3-10/h6-7,10,16H,2-5,14H2,1H3. The van der Waals surface area contributed by atoms with Gasteiger partial charge < -0.3 is 10.8 Å². The van der Waals surface area contributed by atoms with E-state index in [4.69, 9.17) is 10.8 Å². The van der Waals surface area contributed by atoms with Crippen LogP contribution in [0.3, 0.4) is 0 Å². The van der Waals surface area contributed by atoms with Crippen LogP contribution in [-0.2, 0) is 10.0 Å². The molecule has 0 aromatic heterocycles. The first kappa shape index (κ1) is 14.2. The first-order valence-corrected chi connectivity index (χ1v) is 7.50. The van der Waals surface area contributed by atoms with Crippen LogP contribution in [0.5, 0.6) is 0 Å². The van der Waals surface area contributed by atoms with Crippen LogP contribution in [0.25, 0.3) is 0 Å². The van der Waals surface area contributed by atoms with Crippen molar-refractivity contribution in [2.75, 3.05) is 18.9 Å². The van der Waals surface area contributed by atoms with Gasteiger partial charge >= 0.3 is 0 Å². The van der Waals surface area contributed by atoms with Gasteiger partial charge in [0.25, 0.3) is 0 Å². The summed E-state index contributed by atoms with van der Waals surface area (Å²) in [6, 6.07) is 2.27. The Morgan fingerprint density at radius 3 is 2.63 bits per heavy atom. The largest absolute Gasteiger partial charge is 0.399 e. The summed E-state index contributed by atoms with van der Waals surface area (Å²) < 4.78 is 39.9. The highest BCUT2D eigenvalue weighted by Crippen LogP contribution is 2.33. The summed E-state index contributed by atoms with van der Waals surface area (Å²) in [4.78, 5) is -0.120. The van der Waals surface area contributed by atoms with Gasteiger partial charge in [0.15, 0.2) is 0 Å². The molecule has 0 atom stereocenters. The molecule has 106 valence electrons. The van der Waals surface area contributed by atoms with Crippen molar-refractivity contribution in [3.8, 4) is 0 Å². The maximum Gasteiger partial charge on any atom is 0.243 e. The molecule has 1 aliphatic carbocycles. The minimum absolute atomic E-state index is 0.0167. The molecule has 1 fully saturated rings. The van der Waals surface area contributed by atoms with E-state index in [-0.39, 0.29) is 35.3 Å². The Bertz CT molecular complexity index is 585. The first-order chi connectivity index (χ1) is 8.87. The maximum absolute atomic E-state index is 13.6. The molecule has 7 heteroatoms. The molecule has 0 amide bonds. The van der Waals surface area contributed by atoms with Gasteiger partial charge in [-0.1, -0.05) is 0 Å². The molecule has 1 saturated carbocycles. The van der Waals surface area contributed by atoms with Crippen molar-refractivity contribution in [2.45, 2.75) is 30.7 Å². The second-order valence-electron chi connectivity index (χ2n) is 4.70. The quantitative estimate of drug-likeness (QED) is 0.787. The van der Waals surface area contributed by atoms with E-state index in [9.17, 15) is 12.8 Å². The average molecular weight is 288 g/mol. The number of halogens is 1. The van der Waals surface area contributed by atoms with Gasteiger partial charge in [-0.25, -0.2) is 12.8 Å². The first-order valence-electron chi connectivity index (χ1n) is 6.06. The molecule has 5 nitrogen and oxygen atoms in total. The third-order valence-corrected chi connectivity index (χ3v) is 5.26. The highest BCUT2D eigenvalue weighted by molar-refractivity contribution is 7.89. The molecule has 1 aliphatic rings. The lowest BCUT2D eigenvalue weighted by atomic mass is 10.2. The van der Waals surface area contributed by atoms with E-state index in [0.717, 1.165) is 18.9 Å². The molecule has 0 aliphatic heterocycles. The number of aliphatic hydroxyl groups is 1. The minimum atomic E-state index is -3.82. The molecule has 0 bridgehead atoms. The fourth-order valence-electron chi connectivity index (χ4n) is 2.03. The summed E-state index contributed by atoms with van der Waals surface area (Å²) in [6.07, 6.45) is 1.53. The molecule has 3 N–H and O–H groups in total. The van der Waals surface area contributed by atoms with Crippen molar-refractivity contribution in [1.82, 2.24) is 4.31 Å². The van der Waals surface area contributed by atoms with Crippen LogP contribution in [0, 0.1) is 12.7 Å². The molecule has 2 rings (SSSR count). The summed E-state index contributed by atoms with van der Waals surface area (Å²) in [6.45, 7) is 1.16. The van der Waals surface area contributed by atoms with E-state index in [2.05, 4.69) is 0 Å². The third kappa shape index (κ3) is 2.72. The number of nitrogens with two attached hydrogens (primary N) is 1. The normalized spacial score (nSPS) is 16.0. The Balaban J connectivity index is 2.49. The fourth-order valence-corrected chi connectivity index (χ4v) is 3.98. The predicted molar refractivity (Wildman–Crippen MR) is 69.5 cm³/mol. The van der Waals surface area contributed by atoms with E-state index in [1.54, 1.807) is 0 Å². The van der Waals surface area contributed by atoms with Gasteiger partial charge in [-0.3, -0.25) is 0 Å². The van der Waals surface area contributed by atoms with Crippen molar-refractivity contribution in [1.29, 1.82) is 0 Å². The average Bonchev–Trinajstić information content (AvgIpc) is 3.14. The molecule has 0 heterocycles. The van der Waals surface area contributed by atoms with Crippen molar-refractivity contribution >= 4 is 15.7 Å². The zero-order valence-electron chi connectivity index (χ0n) is 10.6. The van der Waals surface area contributed by atoms with Gasteiger partial charge in [-0.2, -0.15) is 4.31 Å². The van der Waals surface area contributed by atoms with E-state index in [1.165, 1.54) is 17.3 Å². The highest BCUT2D eigenvalue weighted by atomic mass is 32.2. The Kier molecular flexibility index (Phi) is 3.80. The maximum atomic E-state index is 13.6. The molecule has 19 heavy (non-hydrogen) atoms. The van der Waals surface area contributed by atoms with Gasteiger partial charge in [-0.15, -0.1) is 0 Å². The van der Waals surface area contributed by atoms with Gasteiger partial charge in [0.05, 0.1) is 11.5 Å². The molecule has 1 aromatic rings. The fraction of sp³-hybridized carbons (Fsp3) is 0.500. The lowest BCUT2D eigenvalue weighted by Gasteiger charge is -2.22. The van der Waals surface area contributed by atoms with Gasteiger partial charge in [0.1, 0.15) is 5.82 Å². The molecular weight excluding hydrogens is 271 g/mol. The van der Waals surface area contributed by atoms with E-state index >= 15 is 0 Å². The second kappa shape index (κ2) is 5.07. The number of hydrogen-bond donors (Lipinski definition) is 2. The van der Waals surface area contributed by atoms with Crippen LogP contribution in [0.4, 0.5) is 10.1 Å². The van der Waals surface area contributed by atoms with Gasteiger partial charge in [-0.05, 0) is 31.9 Å². The summed E-state index contributed by atoms with van der Waals surface area (Å²) in [5.41, 5.74) is 5.64. The Morgan fingerprint density at radius 2 is 2.11 bits per heavy atom. The van der Waals surface area contributed by atoms with Crippen molar-refractivity contribution in [3.05, 3.63) is 23.5 Å². The Hall–Kier alpha value is -1.18. The summed E-state index contributed by atoms with van der Waals surface area (Å²) in [7, 11) is -3.82. The second-order valence-corrected chi connectivity index (χ2v) is 6.56. The number of sulfonamides is 1. The summed E-state index contributed by atoms with van der Waals surface area (Å²) >= 11 is 0. The highest BCUT2D eigenvalue weighted by Gasteiger charge is 2.38. The predicted octanol–water partition coefficient (Wildman–Crippen LogP) is 0.862. The number of nitrogen functional groups attached to an aromatic ring is 1. The van der Waals surface area contributed by atoms with Gasteiger partial charge in [0.2, 0.25) is 10.0 Å². The van der Waals surface area contributed by atoms with E-state index in [0.29, 0.717) is 0 Å². The zero-order chi connectivity index (χ0) is 14.2.